The van der Waals surface area contributed by atoms with Crippen LogP contribution in [0.1, 0.15) is 30.4 Å². The predicted molar refractivity (Wildman–Crippen MR) is 110 cm³/mol. The van der Waals surface area contributed by atoms with E-state index in [1.807, 2.05) is 4.90 Å². The zero-order chi connectivity index (χ0) is 22.0. The summed E-state index contributed by atoms with van der Waals surface area (Å²) >= 11 is 0. The van der Waals surface area contributed by atoms with Crippen molar-refractivity contribution >= 4 is 11.9 Å². The Morgan fingerprint density at radius 3 is 2.45 bits per heavy atom. The number of aromatic nitrogens is 3. The van der Waals surface area contributed by atoms with Crippen molar-refractivity contribution in [2.45, 2.75) is 31.8 Å². The van der Waals surface area contributed by atoms with Gasteiger partial charge in [0.05, 0.1) is 6.54 Å². The van der Waals surface area contributed by atoms with E-state index in [0.29, 0.717) is 38.5 Å². The molecule has 0 bridgehead atoms. The third-order valence-corrected chi connectivity index (χ3v) is 5.82. The summed E-state index contributed by atoms with van der Waals surface area (Å²) in [5, 5.41) is 8.74. The number of urea groups is 1. The van der Waals surface area contributed by atoms with Crippen LogP contribution in [0.15, 0.2) is 24.3 Å². The molecule has 3 amide bonds. The lowest BCUT2D eigenvalue weighted by Crippen LogP contribution is -2.44. The summed E-state index contributed by atoms with van der Waals surface area (Å²) in [4.78, 5) is 29.8. The second-order valence-corrected chi connectivity index (χ2v) is 8.12. The van der Waals surface area contributed by atoms with Crippen LogP contribution in [0.25, 0.3) is 0 Å². The zero-order valence-corrected chi connectivity index (χ0v) is 17.8. The largest absolute Gasteiger partial charge is 0.484 e. The molecule has 0 aliphatic carbocycles. The average molecular weight is 430 g/mol. The van der Waals surface area contributed by atoms with Crippen LogP contribution in [0.5, 0.6) is 5.75 Å². The topological polar surface area (TPSA) is 83.8 Å². The van der Waals surface area contributed by atoms with Crippen molar-refractivity contribution in [3.63, 3.8) is 0 Å². The third kappa shape index (κ3) is 4.62. The van der Waals surface area contributed by atoms with Gasteiger partial charge in [-0.25, -0.2) is 9.18 Å². The summed E-state index contributed by atoms with van der Waals surface area (Å²) in [6, 6.07) is 5.63. The molecule has 1 fully saturated rings. The third-order valence-electron chi connectivity index (χ3n) is 5.82. The molecule has 10 heteroatoms. The van der Waals surface area contributed by atoms with Crippen LogP contribution in [-0.4, -0.2) is 81.7 Å². The maximum Gasteiger partial charge on any atom is 0.319 e. The Labute approximate surface area is 180 Å². The summed E-state index contributed by atoms with van der Waals surface area (Å²) in [5.41, 5.74) is 0. The smallest absolute Gasteiger partial charge is 0.319 e. The summed E-state index contributed by atoms with van der Waals surface area (Å²) in [6.45, 7) is 2.88. The van der Waals surface area contributed by atoms with Gasteiger partial charge in [0.2, 0.25) is 0 Å². The SMILES string of the molecule is CN(C)C(=O)N1CCC(c2nnc3n2CCN(C(=O)COc2ccc(F)cc2)C3)CC1. The maximum absolute atomic E-state index is 13.0. The van der Waals surface area contributed by atoms with Gasteiger partial charge in [0.1, 0.15) is 17.4 Å². The number of ether oxygens (including phenoxy) is 1. The highest BCUT2D eigenvalue weighted by Crippen LogP contribution is 2.29. The number of nitrogens with zero attached hydrogens (tertiary/aromatic N) is 6. The van der Waals surface area contributed by atoms with E-state index in [1.165, 1.54) is 24.3 Å². The number of benzene rings is 1. The van der Waals surface area contributed by atoms with Gasteiger partial charge in [-0.2, -0.15) is 0 Å². The predicted octanol–water partition coefficient (Wildman–Crippen LogP) is 1.70. The van der Waals surface area contributed by atoms with Crippen molar-refractivity contribution < 1.29 is 18.7 Å². The first-order valence-corrected chi connectivity index (χ1v) is 10.5. The number of amides is 3. The molecule has 0 radical (unpaired) electrons. The number of carbonyl (C=O) groups is 2. The van der Waals surface area contributed by atoms with Gasteiger partial charge in [-0.05, 0) is 37.1 Å². The number of rotatable bonds is 4. The van der Waals surface area contributed by atoms with E-state index < -0.39 is 0 Å². The fourth-order valence-electron chi connectivity index (χ4n) is 4.07. The van der Waals surface area contributed by atoms with E-state index >= 15 is 0 Å². The lowest BCUT2D eigenvalue weighted by Gasteiger charge is -2.34. The molecule has 1 aromatic carbocycles. The Balaban J connectivity index is 1.32. The zero-order valence-electron chi connectivity index (χ0n) is 17.8. The summed E-state index contributed by atoms with van der Waals surface area (Å²) in [7, 11) is 3.53. The molecule has 0 spiro atoms. The van der Waals surface area contributed by atoms with Gasteiger partial charge in [0.25, 0.3) is 5.91 Å². The van der Waals surface area contributed by atoms with Crippen LogP contribution in [0.4, 0.5) is 9.18 Å². The van der Waals surface area contributed by atoms with Gasteiger partial charge in [-0.3, -0.25) is 4.79 Å². The molecule has 166 valence electrons. The minimum absolute atomic E-state index is 0.0405. The van der Waals surface area contributed by atoms with E-state index in [0.717, 1.165) is 24.5 Å². The number of hydrogen-bond acceptors (Lipinski definition) is 5. The molecule has 1 saturated heterocycles. The molecule has 2 aliphatic rings. The van der Waals surface area contributed by atoms with Crippen molar-refractivity contribution in [2.75, 3.05) is 40.3 Å². The van der Waals surface area contributed by atoms with Gasteiger partial charge in [0.15, 0.2) is 12.4 Å². The number of hydrogen-bond donors (Lipinski definition) is 0. The molecule has 2 aromatic rings. The van der Waals surface area contributed by atoms with Crippen molar-refractivity contribution in [3.05, 3.63) is 41.7 Å². The van der Waals surface area contributed by atoms with Gasteiger partial charge >= 0.3 is 6.03 Å². The van der Waals surface area contributed by atoms with Gasteiger partial charge < -0.3 is 24.0 Å². The molecule has 9 nitrogen and oxygen atoms in total. The first-order chi connectivity index (χ1) is 14.9. The monoisotopic (exact) mass is 430 g/mol. The highest BCUT2D eigenvalue weighted by atomic mass is 19.1. The molecular weight excluding hydrogens is 403 g/mol. The normalized spacial score (nSPS) is 16.7. The molecule has 0 unspecified atom stereocenters. The van der Waals surface area contributed by atoms with Crippen molar-refractivity contribution in [1.29, 1.82) is 0 Å². The fraction of sp³-hybridized carbons (Fsp3) is 0.524. The minimum atomic E-state index is -0.347. The van der Waals surface area contributed by atoms with E-state index in [9.17, 15) is 14.0 Å². The number of carbonyl (C=O) groups excluding carboxylic acids is 2. The summed E-state index contributed by atoms with van der Waals surface area (Å²) in [5.74, 6) is 1.94. The number of piperidine rings is 1. The summed E-state index contributed by atoms with van der Waals surface area (Å²) in [6.07, 6.45) is 1.71. The van der Waals surface area contributed by atoms with E-state index in [1.54, 1.807) is 23.9 Å². The number of halogens is 1. The van der Waals surface area contributed by atoms with Crippen LogP contribution in [0, 0.1) is 5.82 Å². The molecular formula is C21H27FN6O3. The Hall–Kier alpha value is -3.17. The fourth-order valence-corrected chi connectivity index (χ4v) is 4.07. The molecule has 3 heterocycles. The lowest BCUT2D eigenvalue weighted by atomic mass is 9.96. The number of fused-ring (bicyclic) bond motifs is 1. The van der Waals surface area contributed by atoms with E-state index in [-0.39, 0.29) is 30.3 Å². The van der Waals surface area contributed by atoms with Crippen LogP contribution < -0.4 is 4.74 Å². The molecule has 0 atom stereocenters. The Morgan fingerprint density at radius 2 is 1.77 bits per heavy atom. The first kappa shape index (κ1) is 21.1. The van der Waals surface area contributed by atoms with Crippen molar-refractivity contribution in [2.24, 2.45) is 0 Å². The van der Waals surface area contributed by atoms with Crippen LogP contribution in [-0.2, 0) is 17.9 Å². The molecule has 2 aliphatic heterocycles. The second kappa shape index (κ2) is 8.91. The average Bonchev–Trinajstić information content (AvgIpc) is 3.21. The molecule has 31 heavy (non-hydrogen) atoms. The quantitative estimate of drug-likeness (QED) is 0.737. The Morgan fingerprint density at radius 1 is 1.06 bits per heavy atom. The highest BCUT2D eigenvalue weighted by molar-refractivity contribution is 5.77. The van der Waals surface area contributed by atoms with E-state index in [2.05, 4.69) is 14.8 Å². The van der Waals surface area contributed by atoms with Crippen LogP contribution in [0.2, 0.25) is 0 Å². The Bertz CT molecular complexity index is 937. The van der Waals surface area contributed by atoms with Gasteiger partial charge in [-0.15, -0.1) is 10.2 Å². The standard InChI is InChI=1S/C21H27FN6O3/c1-25(2)21(30)26-9-7-15(8-10-26)20-24-23-18-13-27(11-12-28(18)20)19(29)14-31-17-5-3-16(22)4-6-17/h3-6,15H,7-14H2,1-2H3. The lowest BCUT2D eigenvalue weighted by molar-refractivity contribution is -0.134. The molecule has 0 N–H and O–H groups in total. The Kier molecular flexibility index (Phi) is 6.06. The van der Waals surface area contributed by atoms with Crippen LogP contribution in [0.3, 0.4) is 0 Å². The molecule has 0 saturated carbocycles. The van der Waals surface area contributed by atoms with Gasteiger partial charge in [0, 0.05) is 46.2 Å². The van der Waals surface area contributed by atoms with Crippen LogP contribution >= 0.6 is 0 Å². The van der Waals surface area contributed by atoms with Crippen molar-refractivity contribution in [1.82, 2.24) is 29.5 Å². The van der Waals surface area contributed by atoms with E-state index in [4.69, 9.17) is 4.74 Å². The maximum atomic E-state index is 13.0. The van der Waals surface area contributed by atoms with Gasteiger partial charge in [-0.1, -0.05) is 0 Å². The molecule has 4 rings (SSSR count). The number of likely N-dealkylation sites (tertiary alicyclic amines) is 1. The highest BCUT2D eigenvalue weighted by Gasteiger charge is 2.31. The minimum Gasteiger partial charge on any atom is -0.484 e. The summed E-state index contributed by atoms with van der Waals surface area (Å²) < 4.78 is 20.6. The first-order valence-electron chi connectivity index (χ1n) is 10.5. The molecule has 1 aromatic heterocycles. The van der Waals surface area contributed by atoms with Crippen molar-refractivity contribution in [3.8, 4) is 5.75 Å². The second-order valence-electron chi connectivity index (χ2n) is 8.12.